The van der Waals surface area contributed by atoms with Gasteiger partial charge in [0.15, 0.2) is 0 Å². The minimum Gasteiger partial charge on any atom is -0.481 e. The maximum atomic E-state index is 10.3. The van der Waals surface area contributed by atoms with Crippen LogP contribution in [-0.4, -0.2) is 22.6 Å². The fourth-order valence-corrected chi connectivity index (χ4v) is 1.29. The molecular weight excluding hydrogens is 192 g/mol. The lowest BCUT2D eigenvalue weighted by molar-refractivity contribution is -0.137. The molecule has 0 fully saturated rings. The first-order valence-electron chi connectivity index (χ1n) is 5.02. The normalized spacial score (nSPS) is 10.2. The number of aromatic nitrogens is 1. The predicted molar refractivity (Wildman–Crippen MR) is 57.6 cm³/mol. The van der Waals surface area contributed by atoms with Crippen molar-refractivity contribution in [2.45, 2.75) is 26.3 Å². The van der Waals surface area contributed by atoms with Crippen molar-refractivity contribution < 1.29 is 9.90 Å². The van der Waals surface area contributed by atoms with Gasteiger partial charge in [0.2, 0.25) is 0 Å². The van der Waals surface area contributed by atoms with Crippen LogP contribution in [0.15, 0.2) is 18.5 Å². The second kappa shape index (κ2) is 6.14. The van der Waals surface area contributed by atoms with Gasteiger partial charge in [0.1, 0.15) is 0 Å². The van der Waals surface area contributed by atoms with E-state index in [4.69, 9.17) is 5.11 Å². The number of carbonyl (C=O) groups is 1. The van der Waals surface area contributed by atoms with E-state index in [2.05, 4.69) is 10.3 Å². The van der Waals surface area contributed by atoms with Crippen molar-refractivity contribution in [2.75, 3.05) is 6.54 Å². The zero-order valence-electron chi connectivity index (χ0n) is 8.86. The Morgan fingerprint density at radius 2 is 2.40 bits per heavy atom. The number of aryl methyl sites for hydroxylation is 1. The Kier molecular flexibility index (Phi) is 4.77. The molecule has 0 saturated heterocycles. The van der Waals surface area contributed by atoms with Crippen molar-refractivity contribution in [2.24, 2.45) is 0 Å². The number of aliphatic carboxylic acids is 1. The number of pyridine rings is 1. The number of hydrogen-bond acceptors (Lipinski definition) is 3. The van der Waals surface area contributed by atoms with Gasteiger partial charge in [0, 0.05) is 25.4 Å². The Morgan fingerprint density at radius 3 is 3.07 bits per heavy atom. The minimum atomic E-state index is -0.739. The first-order chi connectivity index (χ1) is 7.20. The highest BCUT2D eigenvalue weighted by atomic mass is 16.4. The van der Waals surface area contributed by atoms with E-state index in [0.717, 1.165) is 18.7 Å². The molecule has 0 unspecified atom stereocenters. The maximum absolute atomic E-state index is 10.3. The largest absolute Gasteiger partial charge is 0.481 e. The first-order valence-corrected chi connectivity index (χ1v) is 5.02. The second-order valence-electron chi connectivity index (χ2n) is 3.48. The molecule has 0 aliphatic heterocycles. The van der Waals surface area contributed by atoms with E-state index in [-0.39, 0.29) is 6.42 Å². The molecule has 1 aromatic heterocycles. The highest BCUT2D eigenvalue weighted by Crippen LogP contribution is 2.03. The van der Waals surface area contributed by atoms with E-state index in [1.54, 1.807) is 6.20 Å². The lowest BCUT2D eigenvalue weighted by atomic mass is 10.1. The Morgan fingerprint density at radius 1 is 1.60 bits per heavy atom. The molecule has 0 bridgehead atoms. The zero-order chi connectivity index (χ0) is 11.1. The average Bonchev–Trinajstić information content (AvgIpc) is 2.20. The van der Waals surface area contributed by atoms with Crippen molar-refractivity contribution in [3.8, 4) is 0 Å². The molecule has 82 valence electrons. The molecule has 0 aliphatic carbocycles. The smallest absolute Gasteiger partial charge is 0.303 e. The van der Waals surface area contributed by atoms with Crippen LogP contribution < -0.4 is 5.32 Å². The summed E-state index contributed by atoms with van der Waals surface area (Å²) in [6, 6.07) is 1.97. The van der Waals surface area contributed by atoms with Gasteiger partial charge in [-0.15, -0.1) is 0 Å². The molecule has 1 aromatic rings. The highest BCUT2D eigenvalue weighted by Gasteiger charge is 1.98. The summed E-state index contributed by atoms with van der Waals surface area (Å²) in [5.74, 6) is -0.739. The van der Waals surface area contributed by atoms with Gasteiger partial charge in [0.25, 0.3) is 0 Å². The summed E-state index contributed by atoms with van der Waals surface area (Å²) >= 11 is 0. The zero-order valence-corrected chi connectivity index (χ0v) is 8.86. The van der Waals surface area contributed by atoms with Gasteiger partial charge < -0.3 is 10.4 Å². The SMILES string of the molecule is Cc1cnccc1CNCCCC(=O)O. The summed E-state index contributed by atoms with van der Waals surface area (Å²) < 4.78 is 0. The van der Waals surface area contributed by atoms with Crippen LogP contribution in [0.2, 0.25) is 0 Å². The molecule has 0 spiro atoms. The Labute approximate surface area is 89.3 Å². The molecule has 0 aliphatic rings. The van der Waals surface area contributed by atoms with E-state index in [0.29, 0.717) is 6.42 Å². The summed E-state index contributed by atoms with van der Waals surface area (Å²) in [7, 11) is 0. The molecule has 1 heterocycles. The lowest BCUT2D eigenvalue weighted by Crippen LogP contribution is -2.16. The highest BCUT2D eigenvalue weighted by molar-refractivity contribution is 5.66. The number of carboxylic acids is 1. The number of rotatable bonds is 6. The van der Waals surface area contributed by atoms with Crippen molar-refractivity contribution in [3.05, 3.63) is 29.6 Å². The lowest BCUT2D eigenvalue weighted by Gasteiger charge is -2.06. The van der Waals surface area contributed by atoms with Gasteiger partial charge in [-0.1, -0.05) is 0 Å². The molecule has 15 heavy (non-hydrogen) atoms. The number of carboxylic acid groups (broad SMARTS) is 1. The van der Waals surface area contributed by atoms with Gasteiger partial charge >= 0.3 is 5.97 Å². The summed E-state index contributed by atoms with van der Waals surface area (Å²) in [5.41, 5.74) is 2.36. The van der Waals surface area contributed by atoms with Crippen molar-refractivity contribution in [3.63, 3.8) is 0 Å². The second-order valence-corrected chi connectivity index (χ2v) is 3.48. The number of nitrogens with one attached hydrogen (secondary N) is 1. The van der Waals surface area contributed by atoms with E-state index < -0.39 is 5.97 Å². The predicted octanol–water partition coefficient (Wildman–Crippen LogP) is 1.34. The third kappa shape index (κ3) is 4.56. The van der Waals surface area contributed by atoms with Crippen molar-refractivity contribution in [1.82, 2.24) is 10.3 Å². The van der Waals surface area contributed by atoms with E-state index in [9.17, 15) is 4.79 Å². The third-order valence-electron chi connectivity index (χ3n) is 2.20. The molecule has 1 rings (SSSR count). The van der Waals surface area contributed by atoms with Gasteiger partial charge in [0.05, 0.1) is 0 Å². The molecule has 0 atom stereocenters. The van der Waals surface area contributed by atoms with Crippen LogP contribution in [0.3, 0.4) is 0 Å². The quantitative estimate of drug-likeness (QED) is 0.693. The molecule has 4 nitrogen and oxygen atoms in total. The fourth-order valence-electron chi connectivity index (χ4n) is 1.29. The van der Waals surface area contributed by atoms with Crippen molar-refractivity contribution >= 4 is 5.97 Å². The standard InChI is InChI=1S/C11H16N2O2/c1-9-7-13-6-4-10(9)8-12-5-2-3-11(14)15/h4,6-7,12H,2-3,5,8H2,1H3,(H,14,15). The molecule has 2 N–H and O–H groups in total. The first kappa shape index (κ1) is 11.7. The van der Waals surface area contributed by atoms with Crippen LogP contribution in [0.25, 0.3) is 0 Å². The molecule has 0 radical (unpaired) electrons. The summed E-state index contributed by atoms with van der Waals surface area (Å²) in [4.78, 5) is 14.3. The van der Waals surface area contributed by atoms with Gasteiger partial charge in [-0.3, -0.25) is 9.78 Å². The van der Waals surface area contributed by atoms with Gasteiger partial charge in [-0.25, -0.2) is 0 Å². The van der Waals surface area contributed by atoms with Crippen LogP contribution in [0, 0.1) is 6.92 Å². The average molecular weight is 208 g/mol. The Hall–Kier alpha value is -1.42. The molecular formula is C11H16N2O2. The van der Waals surface area contributed by atoms with Crippen LogP contribution >= 0.6 is 0 Å². The Bertz CT molecular complexity index is 326. The van der Waals surface area contributed by atoms with E-state index in [1.807, 2.05) is 19.2 Å². The van der Waals surface area contributed by atoms with Crippen LogP contribution in [0.5, 0.6) is 0 Å². The number of nitrogens with zero attached hydrogens (tertiary/aromatic N) is 1. The fraction of sp³-hybridized carbons (Fsp3) is 0.455. The van der Waals surface area contributed by atoms with E-state index >= 15 is 0 Å². The monoisotopic (exact) mass is 208 g/mol. The molecule has 0 saturated carbocycles. The third-order valence-corrected chi connectivity index (χ3v) is 2.20. The van der Waals surface area contributed by atoms with Gasteiger partial charge in [-0.2, -0.15) is 0 Å². The van der Waals surface area contributed by atoms with E-state index in [1.165, 1.54) is 5.56 Å². The van der Waals surface area contributed by atoms with Crippen molar-refractivity contribution in [1.29, 1.82) is 0 Å². The summed E-state index contributed by atoms with van der Waals surface area (Å²) in [6.07, 6.45) is 4.48. The van der Waals surface area contributed by atoms with Crippen LogP contribution in [0.1, 0.15) is 24.0 Å². The maximum Gasteiger partial charge on any atom is 0.303 e. The number of hydrogen-bond donors (Lipinski definition) is 2. The minimum absolute atomic E-state index is 0.225. The summed E-state index contributed by atoms with van der Waals surface area (Å²) in [6.45, 7) is 3.52. The molecule has 0 aromatic carbocycles. The van der Waals surface area contributed by atoms with Crippen LogP contribution in [0.4, 0.5) is 0 Å². The van der Waals surface area contributed by atoms with Gasteiger partial charge in [-0.05, 0) is 37.1 Å². The summed E-state index contributed by atoms with van der Waals surface area (Å²) in [5, 5.41) is 11.6. The Balaban J connectivity index is 2.21. The topological polar surface area (TPSA) is 62.2 Å². The van der Waals surface area contributed by atoms with Crippen LogP contribution in [-0.2, 0) is 11.3 Å². The molecule has 0 amide bonds. The molecule has 4 heteroatoms.